The molecule has 0 aromatic heterocycles. The summed E-state index contributed by atoms with van der Waals surface area (Å²) in [7, 11) is -1.31. The van der Waals surface area contributed by atoms with Crippen molar-refractivity contribution in [2.75, 3.05) is 19.9 Å². The molecule has 1 atom stereocenters. The van der Waals surface area contributed by atoms with Crippen molar-refractivity contribution in [2.45, 2.75) is 117 Å². The third-order valence-corrected chi connectivity index (χ3v) is 6.85. The Bertz CT molecular complexity index is 308. The molecule has 0 rings (SSSR count). The van der Waals surface area contributed by atoms with E-state index < -0.39 is 7.60 Å². The Hall–Kier alpha value is 0.150. The minimum atomic E-state index is -2.84. The van der Waals surface area contributed by atoms with Crippen molar-refractivity contribution in [3.05, 3.63) is 0 Å². The quantitative estimate of drug-likeness (QED) is 0.159. The van der Waals surface area contributed by atoms with E-state index in [1.54, 1.807) is 0 Å². The molecule has 0 amide bonds. The summed E-state index contributed by atoms with van der Waals surface area (Å²) in [5.74, 6) is 0. The van der Waals surface area contributed by atoms with Crippen molar-refractivity contribution in [3.63, 3.8) is 0 Å². The van der Waals surface area contributed by atoms with Crippen LogP contribution in [0.2, 0.25) is 0 Å². The minimum absolute atomic E-state index is 0.579. The van der Waals surface area contributed by atoms with E-state index in [1.807, 2.05) is 0 Å². The lowest BCUT2D eigenvalue weighted by molar-refractivity contribution is 0.228. The lowest BCUT2D eigenvalue weighted by Crippen LogP contribution is -2.00. The first-order chi connectivity index (χ1) is 12.2. The first kappa shape index (κ1) is 25.1. The zero-order valence-electron chi connectivity index (χ0n) is 17.4. The molecule has 0 bridgehead atoms. The molecule has 0 aromatic rings. The highest BCUT2D eigenvalue weighted by atomic mass is 31.2. The smallest absolute Gasteiger partial charge is 0.312 e. The first-order valence-corrected chi connectivity index (χ1v) is 12.7. The second-order valence-electron chi connectivity index (χ2n) is 7.30. The standard InChI is InChI=1S/C21H45O3P/c1-4-6-8-10-12-14-16-18-20-24-25(22,23-3)21-19-17-15-13-11-9-7-5-2/h4-21H2,1-3H3. The molecule has 0 fully saturated rings. The van der Waals surface area contributed by atoms with Crippen molar-refractivity contribution in [1.29, 1.82) is 0 Å². The van der Waals surface area contributed by atoms with Gasteiger partial charge in [-0.05, 0) is 12.8 Å². The average Bonchev–Trinajstić information content (AvgIpc) is 2.62. The van der Waals surface area contributed by atoms with Crippen LogP contribution in [0.15, 0.2) is 0 Å². The Kier molecular flexibility index (Phi) is 19.0. The van der Waals surface area contributed by atoms with Gasteiger partial charge in [0, 0.05) is 7.11 Å². The van der Waals surface area contributed by atoms with E-state index in [9.17, 15) is 4.57 Å². The van der Waals surface area contributed by atoms with Crippen LogP contribution in [0.25, 0.3) is 0 Å². The molecule has 0 heterocycles. The molecule has 1 unspecified atom stereocenters. The first-order valence-electron chi connectivity index (χ1n) is 11.0. The Morgan fingerprint density at radius 1 is 0.600 bits per heavy atom. The van der Waals surface area contributed by atoms with Crippen LogP contribution < -0.4 is 0 Å². The highest BCUT2D eigenvalue weighted by molar-refractivity contribution is 7.53. The van der Waals surface area contributed by atoms with E-state index in [4.69, 9.17) is 9.05 Å². The highest BCUT2D eigenvalue weighted by Gasteiger charge is 2.21. The molecule has 0 aliphatic heterocycles. The van der Waals surface area contributed by atoms with Crippen molar-refractivity contribution >= 4 is 7.60 Å². The third-order valence-electron chi connectivity index (χ3n) is 4.85. The lowest BCUT2D eigenvalue weighted by atomic mass is 10.1. The fourth-order valence-corrected chi connectivity index (χ4v) is 4.52. The summed E-state index contributed by atoms with van der Waals surface area (Å²) in [6.07, 6.45) is 20.7. The zero-order valence-corrected chi connectivity index (χ0v) is 18.3. The monoisotopic (exact) mass is 376 g/mol. The van der Waals surface area contributed by atoms with E-state index >= 15 is 0 Å². The molecular formula is C21H45O3P. The largest absolute Gasteiger partial charge is 0.330 e. The maximum Gasteiger partial charge on any atom is 0.330 e. The number of hydrogen-bond acceptors (Lipinski definition) is 3. The minimum Gasteiger partial charge on any atom is -0.312 e. The predicted molar refractivity (Wildman–Crippen MR) is 111 cm³/mol. The Morgan fingerprint density at radius 3 is 1.44 bits per heavy atom. The summed E-state index contributed by atoms with van der Waals surface area (Å²) >= 11 is 0. The van der Waals surface area contributed by atoms with E-state index in [-0.39, 0.29) is 0 Å². The Morgan fingerprint density at radius 2 is 1.00 bits per heavy atom. The van der Waals surface area contributed by atoms with Gasteiger partial charge >= 0.3 is 7.60 Å². The van der Waals surface area contributed by atoms with Crippen LogP contribution in [0.5, 0.6) is 0 Å². The average molecular weight is 377 g/mol. The molecule has 0 spiro atoms. The maximum absolute atomic E-state index is 12.5. The number of hydrogen-bond donors (Lipinski definition) is 0. The van der Waals surface area contributed by atoms with Crippen molar-refractivity contribution in [2.24, 2.45) is 0 Å². The number of unbranched alkanes of at least 4 members (excludes halogenated alkanes) is 14. The Labute approximate surface area is 158 Å². The SMILES string of the molecule is CCCCCCCCCCOP(=O)(CCCCCCCCCC)OC. The van der Waals surface area contributed by atoms with Crippen LogP contribution in [0, 0.1) is 0 Å². The molecule has 0 saturated carbocycles. The third kappa shape index (κ3) is 17.3. The van der Waals surface area contributed by atoms with Gasteiger partial charge in [0.1, 0.15) is 0 Å². The maximum atomic E-state index is 12.5. The summed E-state index contributed by atoms with van der Waals surface area (Å²) in [6, 6.07) is 0. The highest BCUT2D eigenvalue weighted by Crippen LogP contribution is 2.48. The molecule has 0 aliphatic carbocycles. The van der Waals surface area contributed by atoms with Crippen molar-refractivity contribution < 1.29 is 13.6 Å². The molecule has 0 aliphatic rings. The number of rotatable bonds is 20. The molecule has 25 heavy (non-hydrogen) atoms. The summed E-state index contributed by atoms with van der Waals surface area (Å²) < 4.78 is 23.3. The molecular weight excluding hydrogens is 331 g/mol. The zero-order chi connectivity index (χ0) is 18.6. The summed E-state index contributed by atoms with van der Waals surface area (Å²) in [5, 5.41) is 0. The summed E-state index contributed by atoms with van der Waals surface area (Å²) in [6.45, 7) is 5.08. The second-order valence-corrected chi connectivity index (χ2v) is 9.59. The topological polar surface area (TPSA) is 35.5 Å². The molecule has 152 valence electrons. The normalized spacial score (nSPS) is 13.9. The van der Waals surface area contributed by atoms with E-state index in [0.717, 1.165) is 19.3 Å². The van der Waals surface area contributed by atoms with Gasteiger partial charge in [-0.25, -0.2) is 0 Å². The molecule has 0 saturated heterocycles. The molecule has 4 heteroatoms. The fourth-order valence-electron chi connectivity index (χ4n) is 3.09. The van der Waals surface area contributed by atoms with Gasteiger partial charge < -0.3 is 9.05 Å². The van der Waals surface area contributed by atoms with Gasteiger partial charge in [0.2, 0.25) is 0 Å². The van der Waals surface area contributed by atoms with Gasteiger partial charge in [0.15, 0.2) is 0 Å². The van der Waals surface area contributed by atoms with Crippen LogP contribution in [-0.4, -0.2) is 19.9 Å². The van der Waals surface area contributed by atoms with Crippen LogP contribution in [0.3, 0.4) is 0 Å². The van der Waals surface area contributed by atoms with Crippen molar-refractivity contribution in [1.82, 2.24) is 0 Å². The van der Waals surface area contributed by atoms with Gasteiger partial charge in [-0.15, -0.1) is 0 Å². The molecule has 0 N–H and O–H groups in total. The van der Waals surface area contributed by atoms with E-state index in [0.29, 0.717) is 12.8 Å². The second kappa shape index (κ2) is 18.9. The lowest BCUT2D eigenvalue weighted by Gasteiger charge is -2.16. The van der Waals surface area contributed by atoms with Crippen LogP contribution in [0.4, 0.5) is 0 Å². The molecule has 0 radical (unpaired) electrons. The van der Waals surface area contributed by atoms with E-state index in [2.05, 4.69) is 13.8 Å². The van der Waals surface area contributed by atoms with Gasteiger partial charge in [0.05, 0.1) is 12.8 Å². The van der Waals surface area contributed by atoms with Gasteiger partial charge in [-0.2, -0.15) is 0 Å². The summed E-state index contributed by atoms with van der Waals surface area (Å²) in [4.78, 5) is 0. The molecule has 0 aromatic carbocycles. The van der Waals surface area contributed by atoms with E-state index in [1.165, 1.54) is 90.6 Å². The Balaban J connectivity index is 3.52. The predicted octanol–water partition coefficient (Wildman–Crippen LogP) is 8.12. The molecule has 3 nitrogen and oxygen atoms in total. The van der Waals surface area contributed by atoms with Gasteiger partial charge in [-0.1, -0.05) is 104 Å². The van der Waals surface area contributed by atoms with Crippen LogP contribution in [-0.2, 0) is 13.6 Å². The van der Waals surface area contributed by atoms with Crippen molar-refractivity contribution in [3.8, 4) is 0 Å². The van der Waals surface area contributed by atoms with Crippen LogP contribution in [0.1, 0.15) is 117 Å². The summed E-state index contributed by atoms with van der Waals surface area (Å²) in [5.41, 5.74) is 0. The van der Waals surface area contributed by atoms with Gasteiger partial charge in [0.25, 0.3) is 0 Å². The van der Waals surface area contributed by atoms with Gasteiger partial charge in [-0.3, -0.25) is 4.57 Å². The fraction of sp³-hybridized carbons (Fsp3) is 1.00. The van der Waals surface area contributed by atoms with Crippen LogP contribution >= 0.6 is 7.60 Å².